The van der Waals surface area contributed by atoms with Crippen LogP contribution >= 0.6 is 26.5 Å². The Morgan fingerprint density at radius 2 is 0.750 bits per heavy atom. The van der Waals surface area contributed by atoms with Crippen LogP contribution < -0.4 is 0 Å². The number of hydrogen-bond acceptors (Lipinski definition) is 9. The van der Waals surface area contributed by atoms with Crippen LogP contribution in [0.5, 0.6) is 0 Å². The van der Waals surface area contributed by atoms with Crippen LogP contribution in [-0.4, -0.2) is 98.2 Å². The molecule has 6 N–H and O–H groups in total. The summed E-state index contributed by atoms with van der Waals surface area (Å²) >= 11 is -3.47. The summed E-state index contributed by atoms with van der Waals surface area (Å²) < 4.78 is 0. The first-order chi connectivity index (χ1) is 12.8. The Morgan fingerprint density at radius 1 is 0.536 bits per heavy atom. The Balaban J connectivity index is 5.64. The Labute approximate surface area is 172 Å². The van der Waals surface area contributed by atoms with E-state index in [1.54, 1.807) is 0 Å². The third kappa shape index (κ3) is 11.5. The average Bonchev–Trinajstić information content (AvgIpc) is 2.50. The van der Waals surface area contributed by atoms with Crippen molar-refractivity contribution in [2.45, 2.75) is 35.0 Å². The molecular weight excluding hydrogens is 554 g/mol. The molecule has 0 aromatic heterocycles. The summed E-state index contributed by atoms with van der Waals surface area (Å²) in [5.74, 6) is -8.89. The van der Waals surface area contributed by atoms with E-state index in [0.29, 0.717) is 26.5 Å². The summed E-state index contributed by atoms with van der Waals surface area (Å²) in [6.07, 6.45) is -2.47. The van der Waals surface area contributed by atoms with Gasteiger partial charge in [0.15, 0.2) is 0 Å². The van der Waals surface area contributed by atoms with Crippen LogP contribution in [0.3, 0.4) is 0 Å². The Kier molecular flexibility index (Phi) is 12.4. The monoisotopic (exact) mass is 568 g/mol. The van der Waals surface area contributed by atoms with Crippen LogP contribution in [0.1, 0.15) is 19.3 Å². The van der Waals surface area contributed by atoms with Crippen molar-refractivity contribution in [1.29, 1.82) is 0 Å². The van der Waals surface area contributed by atoms with Gasteiger partial charge in [0.05, 0.1) is 0 Å². The van der Waals surface area contributed by atoms with Crippen LogP contribution in [0.15, 0.2) is 0 Å². The molecule has 0 fully saturated rings. The van der Waals surface area contributed by atoms with Gasteiger partial charge in [-0.05, 0) is 0 Å². The molecule has 0 spiro atoms. The molecule has 0 aromatic rings. The third-order valence-electron chi connectivity index (χ3n) is 2.55. The second-order valence-electron chi connectivity index (χ2n) is 4.81. The molecule has 0 amide bonds. The second kappa shape index (κ2) is 13.0. The maximum atomic E-state index is 11.3. The molecule has 0 aliphatic carbocycles. The van der Waals surface area contributed by atoms with E-state index in [-0.39, 0.29) is 0 Å². The van der Waals surface area contributed by atoms with E-state index < -0.39 is 86.8 Å². The SMILES string of the molecule is O=C(O)C[C@H]([S][Sb]([S][C@@H](CC(=O)O)C(=O)O)[S][C@H](CC(=O)O)C(=O)O)C(=O)O. The van der Waals surface area contributed by atoms with E-state index in [1.165, 1.54) is 0 Å². The molecule has 0 radical (unpaired) electrons. The molecule has 28 heavy (non-hydrogen) atoms. The van der Waals surface area contributed by atoms with Gasteiger partial charge in [-0.2, -0.15) is 0 Å². The van der Waals surface area contributed by atoms with Crippen LogP contribution in [0, 0.1) is 0 Å². The van der Waals surface area contributed by atoms with Gasteiger partial charge >= 0.3 is 173 Å². The normalized spacial score (nSPS) is 14.0. The summed E-state index contributed by atoms with van der Waals surface area (Å²) in [7, 11) is 1.76. The summed E-state index contributed by atoms with van der Waals surface area (Å²) in [6, 6.07) is 0. The van der Waals surface area contributed by atoms with Crippen molar-refractivity contribution in [3.63, 3.8) is 0 Å². The number of carboxylic acids is 6. The first-order valence-corrected chi connectivity index (χ1v) is 18.9. The van der Waals surface area contributed by atoms with E-state index in [9.17, 15) is 28.8 Å². The summed E-state index contributed by atoms with van der Waals surface area (Å²) in [4.78, 5) is 66.3. The van der Waals surface area contributed by atoms with E-state index in [4.69, 9.17) is 30.6 Å². The number of hydrogen-bond donors (Lipinski definition) is 6. The van der Waals surface area contributed by atoms with Crippen molar-refractivity contribution < 1.29 is 59.4 Å². The zero-order chi connectivity index (χ0) is 22.0. The molecule has 0 aromatic carbocycles. The van der Waals surface area contributed by atoms with Gasteiger partial charge in [0.2, 0.25) is 0 Å². The molecule has 12 nitrogen and oxygen atoms in total. The van der Waals surface area contributed by atoms with Crippen molar-refractivity contribution in [3.05, 3.63) is 0 Å². The molecule has 16 heteroatoms. The Morgan fingerprint density at radius 3 is 0.893 bits per heavy atom. The van der Waals surface area contributed by atoms with Crippen LogP contribution in [0.25, 0.3) is 0 Å². The molecule has 0 aliphatic heterocycles. The van der Waals surface area contributed by atoms with Crippen molar-refractivity contribution in [2.75, 3.05) is 0 Å². The van der Waals surface area contributed by atoms with Crippen LogP contribution in [-0.2, 0) is 28.8 Å². The third-order valence-corrected chi connectivity index (χ3v) is 26.3. The predicted octanol–water partition coefficient (Wildman–Crippen LogP) is -0.0454. The van der Waals surface area contributed by atoms with Crippen molar-refractivity contribution in [2.24, 2.45) is 0 Å². The molecular formula is C12H15O12S3Sb. The van der Waals surface area contributed by atoms with Gasteiger partial charge in [-0.1, -0.05) is 0 Å². The van der Waals surface area contributed by atoms with Gasteiger partial charge in [-0.25, -0.2) is 0 Å². The molecule has 0 saturated heterocycles. The van der Waals surface area contributed by atoms with Gasteiger partial charge in [0.1, 0.15) is 0 Å². The van der Waals surface area contributed by atoms with Crippen molar-refractivity contribution >= 4 is 78.4 Å². The fourth-order valence-corrected chi connectivity index (χ4v) is 29.5. The van der Waals surface area contributed by atoms with Crippen LogP contribution in [0.4, 0.5) is 0 Å². The van der Waals surface area contributed by atoms with E-state index in [2.05, 4.69) is 0 Å². The molecule has 0 rings (SSSR count). The fourth-order valence-electron chi connectivity index (χ4n) is 1.37. The molecule has 0 bridgehead atoms. The van der Waals surface area contributed by atoms with E-state index in [1.807, 2.05) is 0 Å². The Hall–Kier alpha value is -1.31. The van der Waals surface area contributed by atoms with Crippen molar-refractivity contribution in [1.82, 2.24) is 0 Å². The molecule has 0 unspecified atom stereocenters. The molecule has 3 atom stereocenters. The molecule has 0 saturated carbocycles. The predicted molar refractivity (Wildman–Crippen MR) is 99.6 cm³/mol. The minimum absolute atomic E-state index is 0.588. The number of aliphatic carboxylic acids is 6. The minimum atomic E-state index is -3.47. The fraction of sp³-hybridized carbons (Fsp3) is 0.500. The standard InChI is InChI=1S/3C4H6O4S.Sb/c3*5-3(6)1-2(9)4(7)8;/h3*2,9H,1H2,(H,5,6)(H,7,8);/q;;;+3/p-3/t3*2-;/m100./s1. The summed E-state index contributed by atoms with van der Waals surface area (Å²) in [5, 5.41) is 49.3. The van der Waals surface area contributed by atoms with Gasteiger partial charge in [-0.3, -0.25) is 0 Å². The second-order valence-corrected chi connectivity index (χ2v) is 25.8. The molecule has 0 heterocycles. The summed E-state index contributed by atoms with van der Waals surface area (Å²) in [6.45, 7) is 0. The van der Waals surface area contributed by atoms with Crippen molar-refractivity contribution in [3.8, 4) is 0 Å². The van der Waals surface area contributed by atoms with E-state index >= 15 is 0 Å². The first-order valence-electron chi connectivity index (χ1n) is 6.97. The number of carboxylic acid groups (broad SMARTS) is 6. The first kappa shape index (κ1) is 26.7. The molecule has 0 aliphatic rings. The number of carbonyl (C=O) groups is 6. The van der Waals surface area contributed by atoms with E-state index in [0.717, 1.165) is 0 Å². The Bertz CT molecular complexity index is 556. The average molecular weight is 569 g/mol. The van der Waals surface area contributed by atoms with Gasteiger partial charge in [0.25, 0.3) is 0 Å². The van der Waals surface area contributed by atoms with Gasteiger partial charge < -0.3 is 0 Å². The molecule has 158 valence electrons. The zero-order valence-corrected chi connectivity index (χ0v) is 18.7. The number of rotatable bonds is 15. The quantitative estimate of drug-likeness (QED) is 0.142. The van der Waals surface area contributed by atoms with Crippen LogP contribution in [0.2, 0.25) is 0 Å². The van der Waals surface area contributed by atoms with Gasteiger partial charge in [0, 0.05) is 0 Å². The van der Waals surface area contributed by atoms with Gasteiger partial charge in [-0.15, -0.1) is 0 Å². The maximum absolute atomic E-state index is 11.3. The summed E-state index contributed by atoms with van der Waals surface area (Å²) in [5.41, 5.74) is 0. The topological polar surface area (TPSA) is 224 Å². The zero-order valence-electron chi connectivity index (χ0n) is 13.7.